The fraction of sp³-hybridized carbons (Fsp3) is 0.107. The number of para-hydroxylation sites is 1. The number of nitrogen functional groups attached to an aromatic ring is 1. The van der Waals surface area contributed by atoms with E-state index in [0.29, 0.717) is 44.5 Å². The van der Waals surface area contributed by atoms with Gasteiger partial charge in [0, 0.05) is 5.69 Å². The lowest BCUT2D eigenvalue weighted by molar-refractivity contribution is 0.730. The number of hydrogen-bond donors (Lipinski definition) is 2. The molecule has 37 heavy (non-hydrogen) atoms. The van der Waals surface area contributed by atoms with Gasteiger partial charge in [-0.25, -0.2) is 19.9 Å². The number of rotatable bonds is 4. The predicted molar refractivity (Wildman–Crippen MR) is 146 cm³/mol. The Labute approximate surface area is 218 Å². The highest BCUT2D eigenvalue weighted by Crippen LogP contribution is 2.26. The normalized spacial score (nSPS) is 11.5. The number of aromatic nitrogens is 5. The summed E-state index contributed by atoms with van der Waals surface area (Å²) in [5, 5.41) is 4.02. The Morgan fingerprint density at radius 3 is 2.54 bits per heavy atom. The molecule has 5 rings (SSSR count). The lowest BCUT2D eigenvalue weighted by atomic mass is 10.2. The van der Waals surface area contributed by atoms with Crippen molar-refractivity contribution in [3.8, 4) is 17.5 Å². The van der Waals surface area contributed by atoms with Gasteiger partial charge >= 0.3 is 0 Å². The van der Waals surface area contributed by atoms with Crippen LogP contribution in [0.1, 0.15) is 35.7 Å². The monoisotopic (exact) mass is 507 g/mol. The minimum absolute atomic E-state index is 0.226. The van der Waals surface area contributed by atoms with Gasteiger partial charge in [0.2, 0.25) is 0 Å². The zero-order chi connectivity index (χ0) is 25.9. The first kappa shape index (κ1) is 24.0. The SMILES string of the molecule is Cc1cccc(C#Cc2c(N)ncnc2NC(C)c2nc3cccc(Cl)c3c(=O)n2-c2ccccc2)n1. The van der Waals surface area contributed by atoms with Crippen molar-refractivity contribution in [2.24, 2.45) is 0 Å². The third-order valence-electron chi connectivity index (χ3n) is 5.71. The molecule has 0 bridgehead atoms. The molecule has 182 valence electrons. The fourth-order valence-corrected chi connectivity index (χ4v) is 4.22. The van der Waals surface area contributed by atoms with Crippen molar-refractivity contribution in [2.75, 3.05) is 11.1 Å². The highest BCUT2D eigenvalue weighted by molar-refractivity contribution is 6.35. The minimum Gasteiger partial charge on any atom is -0.382 e. The maximum atomic E-state index is 13.7. The second-order valence-electron chi connectivity index (χ2n) is 8.34. The summed E-state index contributed by atoms with van der Waals surface area (Å²) in [6.45, 7) is 3.78. The summed E-state index contributed by atoms with van der Waals surface area (Å²) >= 11 is 6.40. The molecule has 2 aromatic carbocycles. The number of fused-ring (bicyclic) bond motifs is 1. The first-order valence-electron chi connectivity index (χ1n) is 11.5. The largest absolute Gasteiger partial charge is 0.382 e. The lowest BCUT2D eigenvalue weighted by Gasteiger charge is -2.21. The van der Waals surface area contributed by atoms with Crippen LogP contribution in [-0.2, 0) is 0 Å². The van der Waals surface area contributed by atoms with Gasteiger partial charge in [0.15, 0.2) is 0 Å². The number of anilines is 2. The van der Waals surface area contributed by atoms with Crippen molar-refractivity contribution in [3.63, 3.8) is 0 Å². The van der Waals surface area contributed by atoms with Gasteiger partial charge in [-0.2, -0.15) is 0 Å². The van der Waals surface area contributed by atoms with Crippen LogP contribution in [0.15, 0.2) is 77.9 Å². The Bertz CT molecular complexity index is 1740. The summed E-state index contributed by atoms with van der Waals surface area (Å²) in [6, 6.07) is 19.6. The Balaban J connectivity index is 1.61. The van der Waals surface area contributed by atoms with Crippen molar-refractivity contribution in [2.45, 2.75) is 19.9 Å². The van der Waals surface area contributed by atoms with Crippen LogP contribution in [0, 0.1) is 18.8 Å². The fourth-order valence-electron chi connectivity index (χ4n) is 3.96. The van der Waals surface area contributed by atoms with Gasteiger partial charge in [0.25, 0.3) is 5.56 Å². The van der Waals surface area contributed by atoms with Gasteiger partial charge < -0.3 is 11.1 Å². The van der Waals surface area contributed by atoms with E-state index in [2.05, 4.69) is 32.1 Å². The third kappa shape index (κ3) is 4.85. The highest BCUT2D eigenvalue weighted by Gasteiger charge is 2.21. The molecule has 3 heterocycles. The van der Waals surface area contributed by atoms with Crippen molar-refractivity contribution < 1.29 is 0 Å². The van der Waals surface area contributed by atoms with E-state index in [0.717, 1.165) is 5.69 Å². The highest BCUT2D eigenvalue weighted by atomic mass is 35.5. The molecule has 0 amide bonds. The zero-order valence-corrected chi connectivity index (χ0v) is 20.9. The second kappa shape index (κ2) is 10.1. The molecule has 0 aliphatic heterocycles. The van der Waals surface area contributed by atoms with Crippen LogP contribution < -0.4 is 16.6 Å². The summed E-state index contributed by atoms with van der Waals surface area (Å²) < 4.78 is 1.55. The van der Waals surface area contributed by atoms with Crippen molar-refractivity contribution in [1.82, 2.24) is 24.5 Å². The molecule has 0 spiro atoms. The van der Waals surface area contributed by atoms with Crippen LogP contribution in [0.25, 0.3) is 16.6 Å². The molecule has 5 aromatic rings. The number of aryl methyl sites for hydroxylation is 1. The number of hydrogen-bond acceptors (Lipinski definition) is 7. The third-order valence-corrected chi connectivity index (χ3v) is 6.02. The molecule has 8 nitrogen and oxygen atoms in total. The number of halogens is 1. The molecule has 1 unspecified atom stereocenters. The zero-order valence-electron chi connectivity index (χ0n) is 20.1. The number of pyridine rings is 1. The molecule has 9 heteroatoms. The van der Waals surface area contributed by atoms with Crippen molar-refractivity contribution in [3.05, 3.63) is 111 Å². The predicted octanol–water partition coefficient (Wildman–Crippen LogP) is 4.69. The summed E-state index contributed by atoms with van der Waals surface area (Å²) in [7, 11) is 0. The number of benzene rings is 2. The second-order valence-corrected chi connectivity index (χ2v) is 8.75. The van der Waals surface area contributed by atoms with Gasteiger partial charge in [0.05, 0.1) is 27.7 Å². The number of nitrogens with two attached hydrogens (primary N) is 1. The van der Waals surface area contributed by atoms with E-state index in [4.69, 9.17) is 22.3 Å². The van der Waals surface area contributed by atoms with Crippen molar-refractivity contribution >= 4 is 34.1 Å². The van der Waals surface area contributed by atoms with Crippen LogP contribution in [0.2, 0.25) is 5.02 Å². The van der Waals surface area contributed by atoms with Crippen LogP contribution in [0.3, 0.4) is 0 Å². The van der Waals surface area contributed by atoms with E-state index in [1.54, 1.807) is 22.8 Å². The first-order chi connectivity index (χ1) is 17.9. The summed E-state index contributed by atoms with van der Waals surface area (Å²) in [4.78, 5) is 31.4. The maximum absolute atomic E-state index is 13.7. The quantitative estimate of drug-likeness (QED) is 0.339. The smallest absolute Gasteiger partial charge is 0.267 e. The minimum atomic E-state index is -0.469. The van der Waals surface area contributed by atoms with Gasteiger partial charge in [0.1, 0.15) is 35.0 Å². The molecule has 0 aliphatic rings. The molecule has 1 atom stereocenters. The Morgan fingerprint density at radius 1 is 0.973 bits per heavy atom. The van der Waals surface area contributed by atoms with Crippen LogP contribution in [-0.4, -0.2) is 24.5 Å². The molecule has 0 fully saturated rings. The standard InChI is InChI=1S/C28H22ClN7O/c1-17-8-6-9-19(33-17)14-15-21-25(30)31-16-32-26(21)34-18(2)27-35-23-13-7-12-22(29)24(23)28(37)36(27)20-10-4-3-5-11-20/h3-13,16,18H,1-2H3,(H3,30,31,32,34). The maximum Gasteiger partial charge on any atom is 0.267 e. The Kier molecular flexibility index (Phi) is 6.54. The molecular formula is C28H22ClN7O. The van der Waals surface area contributed by atoms with Crippen LogP contribution >= 0.6 is 11.6 Å². The van der Waals surface area contributed by atoms with E-state index in [1.807, 2.05) is 62.4 Å². The van der Waals surface area contributed by atoms with E-state index >= 15 is 0 Å². The molecule has 3 N–H and O–H groups in total. The Hall–Kier alpha value is -4.74. The van der Waals surface area contributed by atoms with Gasteiger partial charge in [-0.05, 0) is 56.2 Å². The number of nitrogens with one attached hydrogen (secondary N) is 1. The van der Waals surface area contributed by atoms with E-state index < -0.39 is 6.04 Å². The summed E-state index contributed by atoms with van der Waals surface area (Å²) in [5.74, 6) is 7.19. The van der Waals surface area contributed by atoms with Gasteiger partial charge in [-0.3, -0.25) is 9.36 Å². The van der Waals surface area contributed by atoms with E-state index in [-0.39, 0.29) is 11.4 Å². The van der Waals surface area contributed by atoms with Gasteiger partial charge in [-0.15, -0.1) is 0 Å². The van der Waals surface area contributed by atoms with Gasteiger partial charge in [-0.1, -0.05) is 47.9 Å². The van der Waals surface area contributed by atoms with E-state index in [9.17, 15) is 4.79 Å². The summed E-state index contributed by atoms with van der Waals surface area (Å²) in [5.41, 5.74) is 8.96. The Morgan fingerprint density at radius 2 is 1.76 bits per heavy atom. The molecule has 3 aromatic heterocycles. The molecular weight excluding hydrogens is 486 g/mol. The number of nitrogens with zero attached hydrogens (tertiary/aromatic N) is 5. The topological polar surface area (TPSA) is 112 Å². The average molecular weight is 508 g/mol. The first-order valence-corrected chi connectivity index (χ1v) is 11.9. The van der Waals surface area contributed by atoms with E-state index in [1.165, 1.54) is 6.33 Å². The van der Waals surface area contributed by atoms with Crippen LogP contribution in [0.5, 0.6) is 0 Å². The average Bonchev–Trinajstić information content (AvgIpc) is 2.88. The summed E-state index contributed by atoms with van der Waals surface area (Å²) in [6.07, 6.45) is 1.36. The van der Waals surface area contributed by atoms with Crippen molar-refractivity contribution in [1.29, 1.82) is 0 Å². The molecule has 0 radical (unpaired) electrons. The molecule has 0 saturated carbocycles. The molecule has 0 saturated heterocycles. The van der Waals surface area contributed by atoms with Crippen LogP contribution in [0.4, 0.5) is 11.6 Å². The lowest BCUT2D eigenvalue weighted by Crippen LogP contribution is -2.27. The molecule has 0 aliphatic carbocycles.